The van der Waals surface area contributed by atoms with Crippen LogP contribution in [0.5, 0.6) is 11.5 Å². The van der Waals surface area contributed by atoms with E-state index in [-0.39, 0.29) is 24.0 Å². The van der Waals surface area contributed by atoms with Crippen LogP contribution in [0.2, 0.25) is 0 Å². The van der Waals surface area contributed by atoms with Crippen LogP contribution in [0.25, 0.3) is 0 Å². The second-order valence-corrected chi connectivity index (χ2v) is 7.93. The van der Waals surface area contributed by atoms with Crippen LogP contribution in [0, 0.1) is 0 Å². The zero-order chi connectivity index (χ0) is 20.3. The largest absolute Gasteiger partial charge is 0.454 e. The van der Waals surface area contributed by atoms with Crippen molar-refractivity contribution in [3.63, 3.8) is 0 Å². The maximum absolute atomic E-state index is 12.4. The molecule has 0 unspecified atom stereocenters. The van der Waals surface area contributed by atoms with E-state index in [0.717, 1.165) is 11.1 Å². The molecule has 0 bridgehead atoms. The molecule has 148 valence electrons. The molecule has 0 saturated heterocycles. The van der Waals surface area contributed by atoms with E-state index in [0.29, 0.717) is 23.6 Å². The smallest absolute Gasteiger partial charge is 0.251 e. The highest BCUT2D eigenvalue weighted by atomic mass is 16.7. The van der Waals surface area contributed by atoms with Gasteiger partial charge in [0.2, 0.25) is 12.7 Å². The van der Waals surface area contributed by atoms with E-state index < -0.39 is 6.04 Å². The Labute approximate surface area is 165 Å². The Morgan fingerprint density at radius 2 is 1.71 bits per heavy atom. The summed E-state index contributed by atoms with van der Waals surface area (Å²) in [6.07, 6.45) is 0. The summed E-state index contributed by atoms with van der Waals surface area (Å²) in [5, 5.41) is 5.56. The normalized spacial score (nSPS) is 13.7. The molecule has 1 aliphatic heterocycles. The first-order valence-corrected chi connectivity index (χ1v) is 9.32. The SMILES string of the molecule is C[C@@H](NC(=O)c1ccc(C(C)(C)C)cc1)C(=O)NCc1ccc2c(c1)OCO2. The molecule has 0 aliphatic carbocycles. The van der Waals surface area contributed by atoms with Gasteiger partial charge in [-0.15, -0.1) is 0 Å². The minimum atomic E-state index is -0.649. The molecule has 1 heterocycles. The summed E-state index contributed by atoms with van der Waals surface area (Å²) in [6.45, 7) is 8.58. The van der Waals surface area contributed by atoms with E-state index in [1.165, 1.54) is 0 Å². The second-order valence-electron chi connectivity index (χ2n) is 7.93. The summed E-state index contributed by atoms with van der Waals surface area (Å²) in [5.41, 5.74) is 2.60. The van der Waals surface area contributed by atoms with E-state index in [4.69, 9.17) is 9.47 Å². The molecule has 0 saturated carbocycles. The Hall–Kier alpha value is -3.02. The van der Waals surface area contributed by atoms with Gasteiger partial charge in [0.05, 0.1) is 0 Å². The molecule has 2 aromatic rings. The fourth-order valence-electron chi connectivity index (χ4n) is 2.86. The molecule has 0 aromatic heterocycles. The van der Waals surface area contributed by atoms with Gasteiger partial charge in [-0.05, 0) is 47.7 Å². The molecule has 6 heteroatoms. The molecule has 3 rings (SSSR count). The highest BCUT2D eigenvalue weighted by molar-refractivity contribution is 5.97. The number of benzene rings is 2. The number of carbonyl (C=O) groups is 2. The van der Waals surface area contributed by atoms with Gasteiger partial charge in [-0.2, -0.15) is 0 Å². The van der Waals surface area contributed by atoms with Crippen molar-refractivity contribution in [2.24, 2.45) is 0 Å². The molecule has 2 amide bonds. The highest BCUT2D eigenvalue weighted by Gasteiger charge is 2.19. The van der Waals surface area contributed by atoms with E-state index in [9.17, 15) is 9.59 Å². The molecule has 28 heavy (non-hydrogen) atoms. The minimum Gasteiger partial charge on any atom is -0.454 e. The van der Waals surface area contributed by atoms with E-state index >= 15 is 0 Å². The summed E-state index contributed by atoms with van der Waals surface area (Å²) < 4.78 is 10.6. The molecule has 1 atom stereocenters. The average Bonchev–Trinajstić information content (AvgIpc) is 3.13. The van der Waals surface area contributed by atoms with Gasteiger partial charge >= 0.3 is 0 Å². The predicted octanol–water partition coefficient (Wildman–Crippen LogP) is 3.15. The third-order valence-electron chi connectivity index (χ3n) is 4.66. The summed E-state index contributed by atoms with van der Waals surface area (Å²) in [6, 6.07) is 12.3. The number of hydrogen-bond acceptors (Lipinski definition) is 4. The Bertz CT molecular complexity index is 869. The lowest BCUT2D eigenvalue weighted by Crippen LogP contribution is -2.44. The lowest BCUT2D eigenvalue weighted by atomic mass is 9.86. The maximum atomic E-state index is 12.4. The van der Waals surface area contributed by atoms with Crippen LogP contribution in [0.1, 0.15) is 49.2 Å². The summed E-state index contributed by atoms with van der Waals surface area (Å²) >= 11 is 0. The second kappa shape index (κ2) is 7.92. The molecule has 0 fully saturated rings. The van der Waals surface area contributed by atoms with Crippen LogP contribution in [0.3, 0.4) is 0 Å². The topological polar surface area (TPSA) is 76.7 Å². The van der Waals surface area contributed by atoms with Gasteiger partial charge in [0, 0.05) is 12.1 Å². The third-order valence-corrected chi connectivity index (χ3v) is 4.66. The van der Waals surface area contributed by atoms with Gasteiger partial charge in [-0.25, -0.2) is 0 Å². The fraction of sp³-hybridized carbons (Fsp3) is 0.364. The maximum Gasteiger partial charge on any atom is 0.251 e. The number of amides is 2. The van der Waals surface area contributed by atoms with Gasteiger partial charge in [0.25, 0.3) is 5.91 Å². The summed E-state index contributed by atoms with van der Waals surface area (Å²) in [7, 11) is 0. The molecular weight excluding hydrogens is 356 g/mol. The molecular formula is C22H26N2O4. The quantitative estimate of drug-likeness (QED) is 0.833. The molecule has 0 spiro atoms. The molecule has 2 aromatic carbocycles. The number of carbonyl (C=O) groups excluding carboxylic acids is 2. The van der Waals surface area contributed by atoms with E-state index in [1.807, 2.05) is 30.3 Å². The highest BCUT2D eigenvalue weighted by Crippen LogP contribution is 2.32. The zero-order valence-corrected chi connectivity index (χ0v) is 16.7. The van der Waals surface area contributed by atoms with Crippen LogP contribution in [0.4, 0.5) is 0 Å². The van der Waals surface area contributed by atoms with E-state index in [1.54, 1.807) is 19.1 Å². The molecule has 2 N–H and O–H groups in total. The monoisotopic (exact) mass is 382 g/mol. The fourth-order valence-corrected chi connectivity index (χ4v) is 2.86. The minimum absolute atomic E-state index is 0.0247. The van der Waals surface area contributed by atoms with Crippen molar-refractivity contribution in [3.8, 4) is 11.5 Å². The van der Waals surface area contributed by atoms with Gasteiger partial charge < -0.3 is 20.1 Å². The molecule has 0 radical (unpaired) electrons. The van der Waals surface area contributed by atoms with Crippen LogP contribution in [-0.2, 0) is 16.8 Å². The first kappa shape index (κ1) is 19.7. The van der Waals surface area contributed by atoms with Crippen molar-refractivity contribution in [1.29, 1.82) is 0 Å². The Morgan fingerprint density at radius 1 is 1.04 bits per heavy atom. The van der Waals surface area contributed by atoms with E-state index in [2.05, 4.69) is 31.4 Å². The van der Waals surface area contributed by atoms with Gasteiger partial charge in [0.1, 0.15) is 6.04 Å². The lowest BCUT2D eigenvalue weighted by molar-refractivity contribution is -0.122. The number of fused-ring (bicyclic) bond motifs is 1. The Kier molecular flexibility index (Phi) is 5.58. The van der Waals surface area contributed by atoms with Crippen molar-refractivity contribution < 1.29 is 19.1 Å². The van der Waals surface area contributed by atoms with Crippen molar-refractivity contribution in [2.45, 2.75) is 45.7 Å². The lowest BCUT2D eigenvalue weighted by Gasteiger charge is -2.19. The zero-order valence-electron chi connectivity index (χ0n) is 16.7. The van der Waals surface area contributed by atoms with Crippen molar-refractivity contribution in [3.05, 3.63) is 59.2 Å². The number of nitrogens with one attached hydrogen (secondary N) is 2. The predicted molar refractivity (Wildman–Crippen MR) is 106 cm³/mol. The molecule has 1 aliphatic rings. The first-order valence-electron chi connectivity index (χ1n) is 9.32. The standard InChI is InChI=1S/C22H26N2O4/c1-14(24-21(26)16-6-8-17(9-7-16)22(2,3)4)20(25)23-12-15-5-10-18-19(11-15)28-13-27-18/h5-11,14H,12-13H2,1-4H3,(H,23,25)(H,24,26)/t14-/m1/s1. The third kappa shape index (κ3) is 4.63. The van der Waals surface area contributed by atoms with Gasteiger partial charge in [-0.1, -0.05) is 39.0 Å². The molecule has 6 nitrogen and oxygen atoms in total. The van der Waals surface area contributed by atoms with Crippen molar-refractivity contribution in [1.82, 2.24) is 10.6 Å². The number of ether oxygens (including phenoxy) is 2. The van der Waals surface area contributed by atoms with Crippen molar-refractivity contribution >= 4 is 11.8 Å². The van der Waals surface area contributed by atoms with Crippen LogP contribution in [-0.4, -0.2) is 24.6 Å². The average molecular weight is 382 g/mol. The Morgan fingerprint density at radius 3 is 2.39 bits per heavy atom. The van der Waals surface area contributed by atoms with Gasteiger partial charge in [0.15, 0.2) is 11.5 Å². The number of hydrogen-bond donors (Lipinski definition) is 2. The first-order chi connectivity index (χ1) is 13.2. The Balaban J connectivity index is 1.52. The number of rotatable bonds is 5. The van der Waals surface area contributed by atoms with Crippen LogP contribution < -0.4 is 20.1 Å². The van der Waals surface area contributed by atoms with Gasteiger partial charge in [-0.3, -0.25) is 9.59 Å². The summed E-state index contributed by atoms with van der Waals surface area (Å²) in [5.74, 6) is 0.850. The van der Waals surface area contributed by atoms with Crippen LogP contribution in [0.15, 0.2) is 42.5 Å². The van der Waals surface area contributed by atoms with Crippen molar-refractivity contribution in [2.75, 3.05) is 6.79 Å². The summed E-state index contributed by atoms with van der Waals surface area (Å²) in [4.78, 5) is 24.7. The van der Waals surface area contributed by atoms with Crippen LogP contribution >= 0.6 is 0 Å².